The summed E-state index contributed by atoms with van der Waals surface area (Å²) >= 11 is 0. The van der Waals surface area contributed by atoms with Gasteiger partial charge in [0.15, 0.2) is 6.04 Å². The number of benzene rings is 2. The molecular formula is C34H54NO3+. The van der Waals surface area contributed by atoms with Crippen molar-refractivity contribution in [1.29, 1.82) is 0 Å². The Hall–Kier alpha value is -2.33. The zero-order valence-electron chi connectivity index (χ0n) is 24.9. The van der Waals surface area contributed by atoms with Crippen LogP contribution >= 0.6 is 0 Å². The number of quaternary nitrogens is 1. The van der Waals surface area contributed by atoms with Crippen LogP contribution in [-0.4, -0.2) is 36.9 Å². The van der Waals surface area contributed by atoms with Crippen LogP contribution in [0.1, 0.15) is 109 Å². The van der Waals surface area contributed by atoms with Crippen LogP contribution in [0.25, 0.3) is 0 Å². The summed E-state index contributed by atoms with van der Waals surface area (Å²) in [6.45, 7) is 6.98. The van der Waals surface area contributed by atoms with Crippen LogP contribution in [0.15, 0.2) is 54.6 Å². The Balaban J connectivity index is 1.77. The molecule has 2 aromatic carbocycles. The lowest BCUT2D eigenvalue weighted by Gasteiger charge is -2.35. The highest BCUT2D eigenvalue weighted by Crippen LogP contribution is 2.24. The molecule has 0 N–H and O–H groups in total. The van der Waals surface area contributed by atoms with E-state index in [1.54, 1.807) is 0 Å². The Morgan fingerprint density at radius 1 is 0.763 bits per heavy atom. The van der Waals surface area contributed by atoms with Gasteiger partial charge in [-0.2, -0.15) is 0 Å². The van der Waals surface area contributed by atoms with Gasteiger partial charge in [0.25, 0.3) is 0 Å². The van der Waals surface area contributed by atoms with Crippen molar-refractivity contribution >= 4 is 5.97 Å². The number of nitrogens with zero attached hydrogens (tertiary/aromatic N) is 1. The third-order valence-electron chi connectivity index (χ3n) is 7.68. The number of para-hydroxylation sites is 1. The van der Waals surface area contributed by atoms with Crippen molar-refractivity contribution in [3.63, 3.8) is 0 Å². The Morgan fingerprint density at radius 2 is 1.32 bits per heavy atom. The minimum absolute atomic E-state index is 0.222. The summed E-state index contributed by atoms with van der Waals surface area (Å²) in [4.78, 5) is 13.1. The standard InChI is InChI=1S/C34H54NO3/c1-6-8-9-10-11-12-13-14-15-16-20-25-31-26-21-22-27-32(31)37-33(7-2)38-34(36)29(3)35(4,5)28-30-23-18-17-19-24-30/h17-19,21-24,26-27,29,33H,6-16,20,25,28H2,1-5H3/q+1. The number of hydrogen-bond acceptors (Lipinski definition) is 3. The van der Waals surface area contributed by atoms with Crippen LogP contribution in [0.5, 0.6) is 5.75 Å². The SMILES string of the molecule is CCCCCCCCCCCCCc1ccccc1OC(CC)OC(=O)C(C)[N+](C)(C)Cc1ccccc1. The van der Waals surface area contributed by atoms with Gasteiger partial charge in [0.2, 0.25) is 6.29 Å². The van der Waals surface area contributed by atoms with Crippen molar-refractivity contribution in [3.05, 3.63) is 65.7 Å². The zero-order valence-corrected chi connectivity index (χ0v) is 24.9. The molecule has 0 spiro atoms. The molecule has 212 valence electrons. The van der Waals surface area contributed by atoms with E-state index in [0.717, 1.165) is 25.1 Å². The molecule has 0 aliphatic heterocycles. The number of ether oxygens (including phenoxy) is 2. The van der Waals surface area contributed by atoms with E-state index in [2.05, 4.69) is 45.3 Å². The van der Waals surface area contributed by atoms with Gasteiger partial charge in [-0.3, -0.25) is 0 Å². The summed E-state index contributed by atoms with van der Waals surface area (Å²) in [5.41, 5.74) is 2.41. The summed E-state index contributed by atoms with van der Waals surface area (Å²) in [6, 6.07) is 18.2. The molecule has 2 aromatic rings. The largest absolute Gasteiger partial charge is 0.455 e. The van der Waals surface area contributed by atoms with E-state index < -0.39 is 6.29 Å². The second-order valence-electron chi connectivity index (χ2n) is 11.4. The van der Waals surface area contributed by atoms with E-state index in [-0.39, 0.29) is 12.0 Å². The molecule has 0 bridgehead atoms. The molecule has 0 aliphatic carbocycles. The molecule has 0 aliphatic rings. The van der Waals surface area contributed by atoms with Gasteiger partial charge in [0.05, 0.1) is 14.1 Å². The number of carbonyl (C=O) groups excluding carboxylic acids is 1. The van der Waals surface area contributed by atoms with Crippen LogP contribution < -0.4 is 4.74 Å². The van der Waals surface area contributed by atoms with Gasteiger partial charge < -0.3 is 14.0 Å². The molecule has 0 radical (unpaired) electrons. The maximum atomic E-state index is 13.1. The molecule has 4 heteroatoms. The fourth-order valence-corrected chi connectivity index (χ4v) is 4.84. The number of carbonyl (C=O) groups is 1. The second kappa shape index (κ2) is 18.0. The number of hydrogen-bond donors (Lipinski definition) is 0. The van der Waals surface area contributed by atoms with Gasteiger partial charge >= 0.3 is 5.97 Å². The van der Waals surface area contributed by atoms with Crippen LogP contribution in [0, 0.1) is 0 Å². The van der Waals surface area contributed by atoms with Gasteiger partial charge in [0.1, 0.15) is 12.3 Å². The summed E-state index contributed by atoms with van der Waals surface area (Å²) < 4.78 is 12.6. The van der Waals surface area contributed by atoms with Crippen molar-refractivity contribution in [2.75, 3.05) is 14.1 Å². The molecule has 0 fully saturated rings. The average molecular weight is 525 g/mol. The fourth-order valence-electron chi connectivity index (χ4n) is 4.84. The number of esters is 1. The average Bonchev–Trinajstić information content (AvgIpc) is 2.92. The predicted octanol–water partition coefficient (Wildman–Crippen LogP) is 8.86. The van der Waals surface area contributed by atoms with Crippen molar-refractivity contribution < 1.29 is 18.8 Å². The van der Waals surface area contributed by atoms with Gasteiger partial charge in [0, 0.05) is 12.0 Å². The maximum absolute atomic E-state index is 13.1. The summed E-state index contributed by atoms with van der Waals surface area (Å²) in [6.07, 6.45) is 15.8. The molecule has 0 amide bonds. The molecule has 0 saturated heterocycles. The summed E-state index contributed by atoms with van der Waals surface area (Å²) in [5.74, 6) is 0.616. The normalized spacial score (nSPS) is 13.2. The lowest BCUT2D eigenvalue weighted by molar-refractivity contribution is -0.917. The fraction of sp³-hybridized carbons (Fsp3) is 0.618. The number of aryl methyl sites for hydroxylation is 1. The zero-order chi connectivity index (χ0) is 27.6. The molecular weight excluding hydrogens is 470 g/mol. The highest BCUT2D eigenvalue weighted by molar-refractivity contribution is 5.74. The van der Waals surface area contributed by atoms with Gasteiger partial charge in [-0.1, -0.05) is 127 Å². The van der Waals surface area contributed by atoms with Crippen molar-refractivity contribution in [2.24, 2.45) is 0 Å². The first-order chi connectivity index (χ1) is 18.4. The first-order valence-corrected chi connectivity index (χ1v) is 15.2. The van der Waals surface area contributed by atoms with E-state index in [9.17, 15) is 4.79 Å². The predicted molar refractivity (Wildman–Crippen MR) is 159 cm³/mol. The Bertz CT molecular complexity index is 896. The highest BCUT2D eigenvalue weighted by Gasteiger charge is 2.34. The molecule has 0 heterocycles. The molecule has 2 unspecified atom stereocenters. The topological polar surface area (TPSA) is 35.5 Å². The maximum Gasteiger partial charge on any atom is 0.367 e. The van der Waals surface area contributed by atoms with E-state index in [0.29, 0.717) is 10.9 Å². The molecule has 38 heavy (non-hydrogen) atoms. The van der Waals surface area contributed by atoms with E-state index in [1.807, 2.05) is 44.2 Å². The lowest BCUT2D eigenvalue weighted by Crippen LogP contribution is -2.52. The highest BCUT2D eigenvalue weighted by atomic mass is 16.7. The van der Waals surface area contributed by atoms with Crippen molar-refractivity contribution in [3.8, 4) is 5.75 Å². The monoisotopic (exact) mass is 524 g/mol. The van der Waals surface area contributed by atoms with Gasteiger partial charge in [-0.05, 0) is 31.4 Å². The first kappa shape index (κ1) is 31.9. The van der Waals surface area contributed by atoms with Gasteiger partial charge in [-0.15, -0.1) is 0 Å². The van der Waals surface area contributed by atoms with Gasteiger partial charge in [-0.25, -0.2) is 4.79 Å². The van der Waals surface area contributed by atoms with Crippen LogP contribution in [0.4, 0.5) is 0 Å². The summed E-state index contributed by atoms with van der Waals surface area (Å²) in [7, 11) is 4.15. The Labute approximate surface area is 233 Å². The quantitative estimate of drug-likeness (QED) is 0.0751. The third kappa shape index (κ3) is 12.0. The summed E-state index contributed by atoms with van der Waals surface area (Å²) in [5, 5.41) is 0. The lowest BCUT2D eigenvalue weighted by atomic mass is 10.0. The minimum atomic E-state index is -0.583. The smallest absolute Gasteiger partial charge is 0.367 e. The molecule has 2 atom stereocenters. The molecule has 2 rings (SSSR count). The van der Waals surface area contributed by atoms with E-state index >= 15 is 0 Å². The molecule has 0 saturated carbocycles. The van der Waals surface area contributed by atoms with Crippen molar-refractivity contribution in [1.82, 2.24) is 0 Å². The van der Waals surface area contributed by atoms with E-state index in [1.165, 1.54) is 75.3 Å². The number of unbranched alkanes of at least 4 members (excludes halogenated alkanes) is 10. The Kier molecular flexibility index (Phi) is 15.1. The molecule has 4 nitrogen and oxygen atoms in total. The van der Waals surface area contributed by atoms with Crippen molar-refractivity contribution in [2.45, 2.75) is 123 Å². The molecule has 0 aromatic heterocycles. The van der Waals surface area contributed by atoms with Crippen LogP contribution in [0.2, 0.25) is 0 Å². The minimum Gasteiger partial charge on any atom is -0.455 e. The second-order valence-corrected chi connectivity index (χ2v) is 11.4. The van der Waals surface area contributed by atoms with Crippen LogP contribution in [0.3, 0.4) is 0 Å². The van der Waals surface area contributed by atoms with E-state index in [4.69, 9.17) is 9.47 Å². The third-order valence-corrected chi connectivity index (χ3v) is 7.68. The number of rotatable bonds is 20. The number of likely N-dealkylation sites (N-methyl/N-ethyl adjacent to an activating group) is 1. The first-order valence-electron chi connectivity index (χ1n) is 15.2. The van der Waals surface area contributed by atoms with Crippen LogP contribution in [-0.2, 0) is 22.5 Å². The Morgan fingerprint density at radius 3 is 1.92 bits per heavy atom.